The summed E-state index contributed by atoms with van der Waals surface area (Å²) in [5, 5.41) is 0. The molecule has 0 fully saturated rings. The molecule has 0 N–H and O–H groups in total. The van der Waals surface area contributed by atoms with Crippen molar-refractivity contribution in [2.45, 2.75) is 52.8 Å². The van der Waals surface area contributed by atoms with Crippen molar-refractivity contribution >= 4 is 5.91 Å². The van der Waals surface area contributed by atoms with Crippen molar-refractivity contribution in [2.24, 2.45) is 0 Å². The molecule has 0 bridgehead atoms. The van der Waals surface area contributed by atoms with E-state index in [1.54, 1.807) is 11.2 Å². The van der Waals surface area contributed by atoms with E-state index in [2.05, 4.69) is 26.0 Å². The molecule has 152 valence electrons. The van der Waals surface area contributed by atoms with Crippen molar-refractivity contribution in [3.05, 3.63) is 89.4 Å². The first-order valence-corrected chi connectivity index (χ1v) is 10.1. The topological polar surface area (TPSA) is 42.7 Å². The van der Waals surface area contributed by atoms with Gasteiger partial charge in [-0.25, -0.2) is 0 Å². The van der Waals surface area contributed by atoms with E-state index in [0.717, 1.165) is 28.2 Å². The number of amides is 1. The van der Waals surface area contributed by atoms with Crippen molar-refractivity contribution in [1.82, 2.24) is 4.90 Å². The second-order valence-electron chi connectivity index (χ2n) is 7.72. The van der Waals surface area contributed by atoms with Gasteiger partial charge in [-0.15, -0.1) is 0 Å². The highest BCUT2D eigenvalue weighted by Gasteiger charge is 2.24. The predicted molar refractivity (Wildman–Crippen MR) is 115 cm³/mol. The Labute approximate surface area is 173 Å². The van der Waals surface area contributed by atoms with E-state index in [9.17, 15) is 4.79 Å². The molecule has 0 radical (unpaired) electrons. The van der Waals surface area contributed by atoms with Gasteiger partial charge in [-0.1, -0.05) is 56.3 Å². The summed E-state index contributed by atoms with van der Waals surface area (Å²) in [4.78, 5) is 15.1. The SMILES string of the molecule is Cc1ccc(C(C)C)c(OC(C)C(=O)N(Cc2ccccc2)Cc2ccco2)c1. The molecule has 1 aromatic heterocycles. The molecule has 29 heavy (non-hydrogen) atoms. The molecule has 0 saturated heterocycles. The largest absolute Gasteiger partial charge is 0.481 e. The van der Waals surface area contributed by atoms with Gasteiger partial charge in [-0.2, -0.15) is 0 Å². The molecule has 1 atom stereocenters. The minimum Gasteiger partial charge on any atom is -0.481 e. The molecule has 3 rings (SSSR count). The quantitative estimate of drug-likeness (QED) is 0.494. The number of furan rings is 1. The van der Waals surface area contributed by atoms with Gasteiger partial charge in [0.1, 0.15) is 11.5 Å². The molecular formula is C25H29NO3. The standard InChI is InChI=1S/C25H29NO3/c1-18(2)23-13-12-19(3)15-24(23)29-20(4)25(27)26(17-22-11-8-14-28-22)16-21-9-6-5-7-10-21/h5-15,18,20H,16-17H2,1-4H3. The third kappa shape index (κ3) is 5.50. The fourth-order valence-electron chi connectivity index (χ4n) is 3.32. The Morgan fingerprint density at radius 1 is 1.00 bits per heavy atom. The normalized spacial score (nSPS) is 12.0. The molecule has 0 aliphatic carbocycles. The maximum absolute atomic E-state index is 13.3. The van der Waals surface area contributed by atoms with Crippen LogP contribution in [-0.4, -0.2) is 16.9 Å². The van der Waals surface area contributed by atoms with Crippen LogP contribution in [0.2, 0.25) is 0 Å². The van der Waals surface area contributed by atoms with Crippen LogP contribution in [-0.2, 0) is 17.9 Å². The summed E-state index contributed by atoms with van der Waals surface area (Å²) in [5.41, 5.74) is 3.29. The third-order valence-corrected chi connectivity index (χ3v) is 4.90. The van der Waals surface area contributed by atoms with Crippen molar-refractivity contribution in [3.8, 4) is 5.75 Å². The van der Waals surface area contributed by atoms with Crippen LogP contribution in [0.1, 0.15) is 49.1 Å². The van der Waals surface area contributed by atoms with Gasteiger partial charge >= 0.3 is 0 Å². The van der Waals surface area contributed by atoms with Crippen LogP contribution < -0.4 is 4.74 Å². The zero-order valence-electron chi connectivity index (χ0n) is 17.6. The number of benzene rings is 2. The zero-order valence-corrected chi connectivity index (χ0v) is 17.6. The highest BCUT2D eigenvalue weighted by Crippen LogP contribution is 2.28. The first-order valence-electron chi connectivity index (χ1n) is 10.1. The maximum atomic E-state index is 13.3. The molecule has 3 aromatic rings. The van der Waals surface area contributed by atoms with Crippen LogP contribution in [0.4, 0.5) is 0 Å². The minimum atomic E-state index is -0.604. The molecule has 1 heterocycles. The van der Waals surface area contributed by atoms with Gasteiger partial charge in [-0.3, -0.25) is 4.79 Å². The number of nitrogens with zero attached hydrogens (tertiary/aromatic N) is 1. The fraction of sp³-hybridized carbons (Fsp3) is 0.320. The zero-order chi connectivity index (χ0) is 20.8. The van der Waals surface area contributed by atoms with Gasteiger partial charge in [0, 0.05) is 6.54 Å². The van der Waals surface area contributed by atoms with E-state index in [1.165, 1.54) is 0 Å². The summed E-state index contributed by atoms with van der Waals surface area (Å²) in [6.07, 6.45) is 1.02. The lowest BCUT2D eigenvalue weighted by Crippen LogP contribution is -2.39. The van der Waals surface area contributed by atoms with Crippen LogP contribution in [0, 0.1) is 6.92 Å². The van der Waals surface area contributed by atoms with Gasteiger partial charge in [0.15, 0.2) is 6.10 Å². The summed E-state index contributed by atoms with van der Waals surface area (Å²) in [7, 11) is 0. The summed E-state index contributed by atoms with van der Waals surface area (Å²) in [6, 6.07) is 19.8. The Kier molecular flexibility index (Phi) is 6.76. The molecule has 4 heteroatoms. The lowest BCUT2D eigenvalue weighted by Gasteiger charge is -2.26. The van der Waals surface area contributed by atoms with Crippen molar-refractivity contribution < 1.29 is 13.9 Å². The minimum absolute atomic E-state index is 0.0681. The van der Waals surface area contributed by atoms with Crippen molar-refractivity contribution in [2.75, 3.05) is 0 Å². The maximum Gasteiger partial charge on any atom is 0.264 e. The Bertz CT molecular complexity index is 917. The number of hydrogen-bond donors (Lipinski definition) is 0. The molecule has 1 amide bonds. The number of hydrogen-bond acceptors (Lipinski definition) is 3. The number of carbonyl (C=O) groups excluding carboxylic acids is 1. The van der Waals surface area contributed by atoms with Crippen molar-refractivity contribution in [1.29, 1.82) is 0 Å². The highest BCUT2D eigenvalue weighted by atomic mass is 16.5. The molecule has 0 spiro atoms. The third-order valence-electron chi connectivity index (χ3n) is 4.90. The van der Waals surface area contributed by atoms with Gasteiger partial charge in [-0.05, 0) is 54.7 Å². The van der Waals surface area contributed by atoms with E-state index in [4.69, 9.17) is 9.15 Å². The number of carbonyl (C=O) groups is 1. The van der Waals surface area contributed by atoms with Crippen LogP contribution in [0.15, 0.2) is 71.3 Å². The molecular weight excluding hydrogens is 362 g/mol. The first-order chi connectivity index (χ1) is 13.9. The van der Waals surface area contributed by atoms with Crippen LogP contribution >= 0.6 is 0 Å². The number of rotatable bonds is 8. The van der Waals surface area contributed by atoms with E-state index in [1.807, 2.05) is 62.4 Å². The number of ether oxygens (including phenoxy) is 1. The fourth-order valence-corrected chi connectivity index (χ4v) is 3.32. The van der Waals surface area contributed by atoms with Gasteiger partial charge in [0.05, 0.1) is 12.8 Å². The first kappa shape index (κ1) is 20.7. The van der Waals surface area contributed by atoms with Crippen LogP contribution in [0.25, 0.3) is 0 Å². The molecule has 4 nitrogen and oxygen atoms in total. The molecule has 0 aliphatic rings. The van der Waals surface area contributed by atoms with Crippen LogP contribution in [0.3, 0.4) is 0 Å². The Morgan fingerprint density at radius 2 is 1.76 bits per heavy atom. The van der Waals surface area contributed by atoms with Gasteiger partial charge < -0.3 is 14.1 Å². The van der Waals surface area contributed by atoms with E-state index in [0.29, 0.717) is 19.0 Å². The lowest BCUT2D eigenvalue weighted by atomic mass is 10.0. The summed E-state index contributed by atoms with van der Waals surface area (Å²) in [6.45, 7) is 9.00. The van der Waals surface area contributed by atoms with Crippen molar-refractivity contribution in [3.63, 3.8) is 0 Å². The summed E-state index contributed by atoms with van der Waals surface area (Å²) < 4.78 is 11.6. The van der Waals surface area contributed by atoms with E-state index >= 15 is 0 Å². The molecule has 0 aliphatic heterocycles. The van der Waals surface area contributed by atoms with Gasteiger partial charge in [0.25, 0.3) is 5.91 Å². The van der Waals surface area contributed by atoms with Gasteiger partial charge in [0.2, 0.25) is 0 Å². The van der Waals surface area contributed by atoms with E-state index in [-0.39, 0.29) is 5.91 Å². The Balaban J connectivity index is 1.80. The molecule has 0 saturated carbocycles. The Hall–Kier alpha value is -3.01. The highest BCUT2D eigenvalue weighted by molar-refractivity contribution is 5.81. The average molecular weight is 392 g/mol. The number of aryl methyl sites for hydroxylation is 1. The molecule has 1 unspecified atom stereocenters. The summed E-state index contributed by atoms with van der Waals surface area (Å²) >= 11 is 0. The van der Waals surface area contributed by atoms with Crippen LogP contribution in [0.5, 0.6) is 5.75 Å². The monoisotopic (exact) mass is 391 g/mol. The lowest BCUT2D eigenvalue weighted by molar-refractivity contribution is -0.139. The predicted octanol–water partition coefficient (Wildman–Crippen LogP) is 5.71. The summed E-state index contributed by atoms with van der Waals surface area (Å²) in [5.74, 6) is 1.77. The second kappa shape index (κ2) is 9.46. The smallest absolute Gasteiger partial charge is 0.264 e. The molecule has 2 aromatic carbocycles. The second-order valence-corrected chi connectivity index (χ2v) is 7.72. The average Bonchev–Trinajstić information content (AvgIpc) is 3.20. The van der Waals surface area contributed by atoms with E-state index < -0.39 is 6.10 Å². The Morgan fingerprint density at radius 3 is 2.41 bits per heavy atom.